The monoisotopic (exact) mass is 334 g/mol. The molecule has 2 nitrogen and oxygen atoms in total. The molecule has 8 heteroatoms. The van der Waals surface area contributed by atoms with Gasteiger partial charge in [0.05, 0.1) is 16.7 Å². The summed E-state index contributed by atoms with van der Waals surface area (Å²) in [6.07, 6.45) is -9.49. The Balaban J connectivity index is 2.62. The number of carboxylic acid groups (broad SMARTS) is 1. The van der Waals surface area contributed by atoms with Gasteiger partial charge in [-0.05, 0) is 29.3 Å². The molecule has 1 N–H and O–H groups in total. The molecule has 122 valence electrons. The largest absolute Gasteiger partial charge is 0.478 e. The number of halogens is 6. The summed E-state index contributed by atoms with van der Waals surface area (Å²) in [6.45, 7) is 0. The molecular weight excluding hydrogens is 326 g/mol. The molecule has 0 bridgehead atoms. The number of carbonyl (C=O) groups is 1. The van der Waals surface area contributed by atoms with Crippen LogP contribution in [0.5, 0.6) is 0 Å². The zero-order chi connectivity index (χ0) is 17.4. The molecule has 2 aromatic rings. The van der Waals surface area contributed by atoms with E-state index in [1.807, 2.05) is 0 Å². The second-order valence-electron chi connectivity index (χ2n) is 4.61. The van der Waals surface area contributed by atoms with Crippen LogP contribution in [0.3, 0.4) is 0 Å². The Labute approximate surface area is 126 Å². The molecule has 0 aromatic heterocycles. The second-order valence-corrected chi connectivity index (χ2v) is 4.61. The first kappa shape index (κ1) is 16.9. The van der Waals surface area contributed by atoms with Crippen molar-refractivity contribution in [1.82, 2.24) is 0 Å². The van der Waals surface area contributed by atoms with Gasteiger partial charge in [0.15, 0.2) is 0 Å². The van der Waals surface area contributed by atoms with E-state index in [1.165, 1.54) is 0 Å². The molecule has 0 spiro atoms. The highest BCUT2D eigenvalue weighted by Gasteiger charge is 2.37. The maximum absolute atomic E-state index is 12.9. The van der Waals surface area contributed by atoms with E-state index in [0.717, 1.165) is 24.3 Å². The van der Waals surface area contributed by atoms with Gasteiger partial charge in [-0.3, -0.25) is 0 Å². The lowest BCUT2D eigenvalue weighted by Crippen LogP contribution is -2.14. The van der Waals surface area contributed by atoms with Gasteiger partial charge in [0, 0.05) is 0 Å². The predicted molar refractivity (Wildman–Crippen MR) is 68.8 cm³/mol. The Morgan fingerprint density at radius 3 is 1.83 bits per heavy atom. The minimum atomic E-state index is -4.89. The topological polar surface area (TPSA) is 37.3 Å². The quantitative estimate of drug-likeness (QED) is 0.777. The van der Waals surface area contributed by atoms with Crippen molar-refractivity contribution < 1.29 is 36.2 Å². The molecule has 0 heterocycles. The van der Waals surface area contributed by atoms with Crippen molar-refractivity contribution in [2.75, 3.05) is 0 Å². The molecule has 0 amide bonds. The van der Waals surface area contributed by atoms with Crippen molar-refractivity contribution in [3.05, 3.63) is 59.2 Å². The molecule has 2 rings (SSSR count). The van der Waals surface area contributed by atoms with Gasteiger partial charge in [0.2, 0.25) is 0 Å². The number of aromatic carboxylic acids is 1. The normalized spacial score (nSPS) is 12.3. The average Bonchev–Trinajstić information content (AvgIpc) is 2.44. The van der Waals surface area contributed by atoms with Crippen molar-refractivity contribution in [2.45, 2.75) is 12.4 Å². The third-order valence-corrected chi connectivity index (χ3v) is 3.11. The SMILES string of the molecule is O=C(O)c1c(-c2ccc(C(F)(F)F)cc2)cccc1C(F)(F)F. The first-order chi connectivity index (χ1) is 10.5. The summed E-state index contributed by atoms with van der Waals surface area (Å²) in [4.78, 5) is 11.2. The second kappa shape index (κ2) is 5.60. The van der Waals surface area contributed by atoms with Gasteiger partial charge in [-0.2, -0.15) is 26.3 Å². The van der Waals surface area contributed by atoms with Gasteiger partial charge >= 0.3 is 18.3 Å². The zero-order valence-electron chi connectivity index (χ0n) is 11.2. The van der Waals surface area contributed by atoms with Gasteiger partial charge < -0.3 is 5.11 Å². The number of alkyl halides is 6. The summed E-state index contributed by atoms with van der Waals surface area (Å²) >= 11 is 0. The molecule has 23 heavy (non-hydrogen) atoms. The van der Waals surface area contributed by atoms with Gasteiger partial charge in [-0.25, -0.2) is 4.79 Å². The lowest BCUT2D eigenvalue weighted by molar-refractivity contribution is -0.138. The predicted octanol–water partition coefficient (Wildman–Crippen LogP) is 5.09. The fourth-order valence-electron chi connectivity index (χ4n) is 2.10. The molecule has 0 fully saturated rings. The van der Waals surface area contributed by atoms with E-state index in [9.17, 15) is 31.1 Å². The Hall–Kier alpha value is -2.51. The molecule has 0 saturated heterocycles. The van der Waals surface area contributed by atoms with E-state index in [4.69, 9.17) is 5.11 Å². The van der Waals surface area contributed by atoms with Crippen LogP contribution >= 0.6 is 0 Å². The molecule has 2 aromatic carbocycles. The summed E-state index contributed by atoms with van der Waals surface area (Å²) in [5.41, 5.74) is -3.70. The molecule has 0 unspecified atom stereocenters. The Morgan fingerprint density at radius 2 is 1.39 bits per heavy atom. The van der Waals surface area contributed by atoms with Crippen LogP contribution in [0.1, 0.15) is 21.5 Å². The number of hydrogen-bond donors (Lipinski definition) is 1. The van der Waals surface area contributed by atoms with Gasteiger partial charge in [0.1, 0.15) is 0 Å². The zero-order valence-corrected chi connectivity index (χ0v) is 11.2. The molecule has 0 aliphatic carbocycles. The van der Waals surface area contributed by atoms with Crippen LogP contribution in [-0.4, -0.2) is 11.1 Å². The fraction of sp³-hybridized carbons (Fsp3) is 0.133. The molecular formula is C15H8F6O2. The molecule has 0 radical (unpaired) electrons. The highest BCUT2D eigenvalue weighted by molar-refractivity contribution is 5.97. The van der Waals surface area contributed by atoms with Crippen molar-refractivity contribution in [3.8, 4) is 11.1 Å². The molecule has 0 saturated carbocycles. The number of hydrogen-bond acceptors (Lipinski definition) is 1. The Morgan fingerprint density at radius 1 is 0.826 bits per heavy atom. The van der Waals surface area contributed by atoms with Gasteiger partial charge in [-0.1, -0.05) is 24.3 Å². The van der Waals surface area contributed by atoms with Crippen LogP contribution in [0.4, 0.5) is 26.3 Å². The van der Waals surface area contributed by atoms with Gasteiger partial charge in [0.25, 0.3) is 0 Å². The van der Waals surface area contributed by atoms with Crippen LogP contribution < -0.4 is 0 Å². The number of carboxylic acids is 1. The minimum absolute atomic E-state index is 0.0542. The van der Waals surface area contributed by atoms with Crippen molar-refractivity contribution in [2.24, 2.45) is 0 Å². The first-order valence-corrected chi connectivity index (χ1v) is 6.13. The van der Waals surface area contributed by atoms with E-state index < -0.39 is 35.0 Å². The third-order valence-electron chi connectivity index (χ3n) is 3.11. The average molecular weight is 334 g/mol. The lowest BCUT2D eigenvalue weighted by atomic mass is 9.94. The van der Waals surface area contributed by atoms with Crippen LogP contribution in [-0.2, 0) is 12.4 Å². The van der Waals surface area contributed by atoms with E-state index in [0.29, 0.717) is 18.2 Å². The summed E-state index contributed by atoms with van der Waals surface area (Å²) < 4.78 is 76.3. The van der Waals surface area contributed by atoms with Gasteiger partial charge in [-0.15, -0.1) is 0 Å². The highest BCUT2D eigenvalue weighted by Crippen LogP contribution is 2.37. The van der Waals surface area contributed by atoms with E-state index in [-0.39, 0.29) is 11.1 Å². The molecule has 0 aliphatic heterocycles. The first-order valence-electron chi connectivity index (χ1n) is 6.13. The van der Waals surface area contributed by atoms with E-state index in [1.54, 1.807) is 0 Å². The van der Waals surface area contributed by atoms with Crippen molar-refractivity contribution >= 4 is 5.97 Å². The number of benzene rings is 2. The van der Waals surface area contributed by atoms with Crippen LogP contribution in [0.15, 0.2) is 42.5 Å². The van der Waals surface area contributed by atoms with Crippen LogP contribution in [0.2, 0.25) is 0 Å². The highest BCUT2D eigenvalue weighted by atomic mass is 19.4. The van der Waals surface area contributed by atoms with Crippen molar-refractivity contribution in [3.63, 3.8) is 0 Å². The summed E-state index contributed by atoms with van der Waals surface area (Å²) in [7, 11) is 0. The summed E-state index contributed by atoms with van der Waals surface area (Å²) in [6, 6.07) is 5.96. The number of rotatable bonds is 2. The lowest BCUT2D eigenvalue weighted by Gasteiger charge is -2.14. The van der Waals surface area contributed by atoms with Crippen LogP contribution in [0, 0.1) is 0 Å². The smallest absolute Gasteiger partial charge is 0.417 e. The standard InChI is InChI=1S/C15H8F6O2/c16-14(17,18)9-6-4-8(5-7-9)10-2-1-3-11(15(19,20)21)12(10)13(22)23/h1-7H,(H,22,23). The van der Waals surface area contributed by atoms with Crippen molar-refractivity contribution in [1.29, 1.82) is 0 Å². The van der Waals surface area contributed by atoms with Crippen LogP contribution in [0.25, 0.3) is 11.1 Å². The Kier molecular flexibility index (Phi) is 4.10. The maximum atomic E-state index is 12.9. The fourth-order valence-corrected chi connectivity index (χ4v) is 2.10. The Bertz CT molecular complexity index is 729. The minimum Gasteiger partial charge on any atom is -0.478 e. The molecule has 0 atom stereocenters. The maximum Gasteiger partial charge on any atom is 0.417 e. The summed E-state index contributed by atoms with van der Waals surface area (Å²) in [5.74, 6) is -1.81. The van der Waals surface area contributed by atoms with E-state index in [2.05, 4.69) is 0 Å². The molecule has 0 aliphatic rings. The summed E-state index contributed by atoms with van der Waals surface area (Å²) in [5, 5.41) is 9.07. The van der Waals surface area contributed by atoms with E-state index >= 15 is 0 Å². The third kappa shape index (κ3) is 3.46.